The Balaban J connectivity index is 1.85. The number of hydrogen-bond acceptors (Lipinski definition) is 4. The molecule has 2 rings (SSSR count). The fourth-order valence-corrected chi connectivity index (χ4v) is 2.66. The van der Waals surface area contributed by atoms with E-state index in [0.717, 1.165) is 36.5 Å². The van der Waals surface area contributed by atoms with Crippen molar-refractivity contribution in [2.45, 2.75) is 45.6 Å². The second-order valence-corrected chi connectivity index (χ2v) is 5.51. The van der Waals surface area contributed by atoms with Crippen LogP contribution in [-0.2, 0) is 13.0 Å². The highest BCUT2D eigenvalue weighted by atomic mass is 16.5. The van der Waals surface area contributed by atoms with Gasteiger partial charge in [-0.15, -0.1) is 0 Å². The first-order valence-electron chi connectivity index (χ1n) is 7.87. The van der Waals surface area contributed by atoms with Crippen molar-refractivity contribution in [2.75, 3.05) is 26.2 Å². The van der Waals surface area contributed by atoms with Crippen LogP contribution in [0.25, 0.3) is 0 Å². The SMILES string of the molecule is CCCc1cc(CN)cc(OCCN2CCCCC2)n1. The maximum Gasteiger partial charge on any atom is 0.213 e. The van der Waals surface area contributed by atoms with Crippen molar-refractivity contribution >= 4 is 0 Å². The Morgan fingerprint density at radius 3 is 2.75 bits per heavy atom. The highest BCUT2D eigenvalue weighted by molar-refractivity contribution is 5.25. The van der Waals surface area contributed by atoms with E-state index in [1.165, 1.54) is 32.4 Å². The quantitative estimate of drug-likeness (QED) is 0.831. The molecule has 4 heteroatoms. The van der Waals surface area contributed by atoms with Crippen LogP contribution >= 0.6 is 0 Å². The van der Waals surface area contributed by atoms with Gasteiger partial charge in [-0.3, -0.25) is 4.90 Å². The predicted molar refractivity (Wildman–Crippen MR) is 81.9 cm³/mol. The molecule has 1 aliphatic rings. The van der Waals surface area contributed by atoms with Gasteiger partial charge < -0.3 is 10.5 Å². The molecule has 0 bridgehead atoms. The number of nitrogens with zero attached hydrogens (tertiary/aromatic N) is 2. The predicted octanol–water partition coefficient (Wildman–Crippen LogP) is 2.36. The molecule has 1 saturated heterocycles. The molecule has 112 valence electrons. The third-order valence-corrected chi connectivity index (χ3v) is 3.76. The zero-order valence-corrected chi connectivity index (χ0v) is 12.6. The molecule has 1 aromatic rings. The topological polar surface area (TPSA) is 51.4 Å². The van der Waals surface area contributed by atoms with E-state index in [9.17, 15) is 0 Å². The largest absolute Gasteiger partial charge is 0.476 e. The molecular formula is C16H27N3O. The summed E-state index contributed by atoms with van der Waals surface area (Å²) in [5, 5.41) is 0. The summed E-state index contributed by atoms with van der Waals surface area (Å²) in [5.41, 5.74) is 7.93. The molecular weight excluding hydrogens is 250 g/mol. The molecule has 1 fully saturated rings. The molecule has 1 aromatic heterocycles. The van der Waals surface area contributed by atoms with Crippen LogP contribution in [0.1, 0.15) is 43.9 Å². The molecule has 0 spiro atoms. The van der Waals surface area contributed by atoms with Gasteiger partial charge in [0.15, 0.2) is 0 Å². The summed E-state index contributed by atoms with van der Waals surface area (Å²) in [4.78, 5) is 7.03. The molecule has 0 aromatic carbocycles. The number of aromatic nitrogens is 1. The summed E-state index contributed by atoms with van der Waals surface area (Å²) >= 11 is 0. The summed E-state index contributed by atoms with van der Waals surface area (Å²) in [6.45, 7) is 6.83. The number of pyridine rings is 1. The number of rotatable bonds is 7. The summed E-state index contributed by atoms with van der Waals surface area (Å²) < 4.78 is 5.83. The minimum Gasteiger partial charge on any atom is -0.476 e. The van der Waals surface area contributed by atoms with Gasteiger partial charge >= 0.3 is 0 Å². The first-order valence-corrected chi connectivity index (χ1v) is 7.87. The lowest BCUT2D eigenvalue weighted by Crippen LogP contribution is -2.33. The van der Waals surface area contributed by atoms with Crippen LogP contribution in [0, 0.1) is 0 Å². The lowest BCUT2D eigenvalue weighted by atomic mass is 10.1. The van der Waals surface area contributed by atoms with Crippen LogP contribution in [0.4, 0.5) is 0 Å². The number of ether oxygens (including phenoxy) is 1. The maximum atomic E-state index is 5.83. The van der Waals surface area contributed by atoms with E-state index in [1.807, 2.05) is 6.07 Å². The molecule has 0 unspecified atom stereocenters. The molecule has 0 atom stereocenters. The van der Waals surface area contributed by atoms with E-state index in [4.69, 9.17) is 10.5 Å². The first-order chi connectivity index (χ1) is 9.81. The van der Waals surface area contributed by atoms with E-state index in [2.05, 4.69) is 22.9 Å². The van der Waals surface area contributed by atoms with Crippen molar-refractivity contribution in [1.29, 1.82) is 0 Å². The molecule has 0 amide bonds. The van der Waals surface area contributed by atoms with Gasteiger partial charge in [0.25, 0.3) is 0 Å². The number of piperidine rings is 1. The molecule has 2 N–H and O–H groups in total. The van der Waals surface area contributed by atoms with E-state index in [-0.39, 0.29) is 0 Å². The van der Waals surface area contributed by atoms with Crippen LogP contribution in [0.5, 0.6) is 5.88 Å². The molecule has 1 aliphatic heterocycles. The fraction of sp³-hybridized carbons (Fsp3) is 0.688. The van der Waals surface area contributed by atoms with Crippen molar-refractivity contribution in [3.63, 3.8) is 0 Å². The van der Waals surface area contributed by atoms with Gasteiger partial charge in [-0.25, -0.2) is 4.98 Å². The van der Waals surface area contributed by atoms with E-state index in [0.29, 0.717) is 13.2 Å². The lowest BCUT2D eigenvalue weighted by molar-refractivity contribution is 0.180. The van der Waals surface area contributed by atoms with E-state index in [1.54, 1.807) is 0 Å². The van der Waals surface area contributed by atoms with Gasteiger partial charge in [-0.2, -0.15) is 0 Å². The van der Waals surface area contributed by atoms with Crippen LogP contribution in [0.3, 0.4) is 0 Å². The number of nitrogens with two attached hydrogens (primary N) is 1. The Morgan fingerprint density at radius 1 is 1.25 bits per heavy atom. The molecule has 2 heterocycles. The second-order valence-electron chi connectivity index (χ2n) is 5.51. The van der Waals surface area contributed by atoms with Gasteiger partial charge in [0.05, 0.1) is 0 Å². The van der Waals surface area contributed by atoms with Crippen molar-refractivity contribution in [3.05, 3.63) is 23.4 Å². The zero-order chi connectivity index (χ0) is 14.2. The Morgan fingerprint density at radius 2 is 2.05 bits per heavy atom. The van der Waals surface area contributed by atoms with Crippen LogP contribution < -0.4 is 10.5 Å². The molecule has 0 saturated carbocycles. The Labute approximate surface area is 122 Å². The maximum absolute atomic E-state index is 5.83. The van der Waals surface area contributed by atoms with Crippen LogP contribution in [-0.4, -0.2) is 36.1 Å². The minimum atomic E-state index is 0.543. The second kappa shape index (κ2) is 8.22. The Bertz CT molecular complexity index is 403. The molecule has 0 aliphatic carbocycles. The molecule has 4 nitrogen and oxygen atoms in total. The third-order valence-electron chi connectivity index (χ3n) is 3.76. The van der Waals surface area contributed by atoms with Gasteiger partial charge in [-0.1, -0.05) is 19.8 Å². The smallest absolute Gasteiger partial charge is 0.213 e. The van der Waals surface area contributed by atoms with Gasteiger partial charge in [-0.05, 0) is 44.0 Å². The van der Waals surface area contributed by atoms with Gasteiger partial charge in [0.2, 0.25) is 5.88 Å². The first kappa shape index (κ1) is 15.3. The van der Waals surface area contributed by atoms with Gasteiger partial charge in [0.1, 0.15) is 6.61 Å². The number of aryl methyl sites for hydroxylation is 1. The number of hydrogen-bond donors (Lipinski definition) is 1. The fourth-order valence-electron chi connectivity index (χ4n) is 2.66. The standard InChI is InChI=1S/C16H27N3O/c1-2-6-15-11-14(13-17)12-16(18-15)20-10-9-19-7-4-3-5-8-19/h11-12H,2-10,13,17H2,1H3. The molecule has 20 heavy (non-hydrogen) atoms. The highest BCUT2D eigenvalue weighted by Crippen LogP contribution is 2.14. The van der Waals surface area contributed by atoms with Gasteiger partial charge in [0, 0.05) is 24.8 Å². The minimum absolute atomic E-state index is 0.543. The highest BCUT2D eigenvalue weighted by Gasteiger charge is 2.10. The van der Waals surface area contributed by atoms with Crippen LogP contribution in [0.2, 0.25) is 0 Å². The summed E-state index contributed by atoms with van der Waals surface area (Å²) in [6, 6.07) is 4.05. The summed E-state index contributed by atoms with van der Waals surface area (Å²) in [5.74, 6) is 0.730. The van der Waals surface area contributed by atoms with E-state index >= 15 is 0 Å². The Kier molecular flexibility index (Phi) is 6.27. The lowest BCUT2D eigenvalue weighted by Gasteiger charge is -2.26. The van der Waals surface area contributed by atoms with Crippen molar-refractivity contribution < 1.29 is 4.74 Å². The normalized spacial score (nSPS) is 16.3. The van der Waals surface area contributed by atoms with E-state index < -0.39 is 0 Å². The third kappa shape index (κ3) is 4.76. The average molecular weight is 277 g/mol. The van der Waals surface area contributed by atoms with Crippen molar-refractivity contribution in [3.8, 4) is 5.88 Å². The zero-order valence-electron chi connectivity index (χ0n) is 12.6. The van der Waals surface area contributed by atoms with Crippen molar-refractivity contribution in [2.24, 2.45) is 5.73 Å². The summed E-state index contributed by atoms with van der Waals surface area (Å²) in [6.07, 6.45) is 6.09. The average Bonchev–Trinajstić information content (AvgIpc) is 2.48. The molecule has 0 radical (unpaired) electrons. The number of likely N-dealkylation sites (tertiary alicyclic amines) is 1. The summed E-state index contributed by atoms with van der Waals surface area (Å²) in [7, 11) is 0. The monoisotopic (exact) mass is 277 g/mol. The van der Waals surface area contributed by atoms with Crippen LogP contribution in [0.15, 0.2) is 12.1 Å². The van der Waals surface area contributed by atoms with Crippen molar-refractivity contribution in [1.82, 2.24) is 9.88 Å². The Hall–Kier alpha value is -1.13.